The maximum absolute atomic E-state index is 12.1. The second-order valence-corrected chi connectivity index (χ2v) is 5.77. The zero-order chi connectivity index (χ0) is 13.9. The topological polar surface area (TPSA) is 72.7 Å². The van der Waals surface area contributed by atoms with Gasteiger partial charge in [0.25, 0.3) is 5.91 Å². The first-order chi connectivity index (χ1) is 9.78. The fourth-order valence-corrected chi connectivity index (χ4v) is 3.20. The maximum atomic E-state index is 12.1. The van der Waals surface area contributed by atoms with Gasteiger partial charge in [-0.15, -0.1) is 5.10 Å². The van der Waals surface area contributed by atoms with Crippen molar-refractivity contribution in [3.8, 4) is 0 Å². The summed E-state index contributed by atoms with van der Waals surface area (Å²) in [6, 6.07) is 0. The summed E-state index contributed by atoms with van der Waals surface area (Å²) in [7, 11) is 0. The quantitative estimate of drug-likeness (QED) is 0.921. The van der Waals surface area contributed by atoms with Gasteiger partial charge in [0.15, 0.2) is 0 Å². The van der Waals surface area contributed by atoms with Crippen LogP contribution in [0.25, 0.3) is 0 Å². The standard InChI is InChI=1S/C13H17N5OS/c1-2-10-12(20-17-16-10)13(19)15-7-9-3-4-11-14-5-6-18(11)8-9/h5-6,9H,2-4,7-8H2,1H3,(H,15,19)/t9-/m1/s1. The molecule has 0 aromatic carbocycles. The molecule has 6 nitrogen and oxygen atoms in total. The fraction of sp³-hybridized carbons (Fsp3) is 0.538. The largest absolute Gasteiger partial charge is 0.351 e. The van der Waals surface area contributed by atoms with Crippen LogP contribution in [-0.2, 0) is 19.4 Å². The SMILES string of the molecule is CCc1nnsc1C(=O)NC[C@H]1CCc2nccn2C1. The van der Waals surface area contributed by atoms with Gasteiger partial charge in [0, 0.05) is 31.9 Å². The molecule has 0 unspecified atom stereocenters. The molecule has 1 aliphatic heterocycles. The number of fused-ring (bicyclic) bond motifs is 1. The van der Waals surface area contributed by atoms with Crippen LogP contribution in [0, 0.1) is 5.92 Å². The molecule has 106 valence electrons. The van der Waals surface area contributed by atoms with Gasteiger partial charge in [-0.05, 0) is 30.3 Å². The monoisotopic (exact) mass is 291 g/mol. The normalized spacial score (nSPS) is 17.8. The molecule has 3 heterocycles. The number of carbonyl (C=O) groups excluding carboxylic acids is 1. The number of aromatic nitrogens is 4. The van der Waals surface area contributed by atoms with Crippen LogP contribution in [0.3, 0.4) is 0 Å². The van der Waals surface area contributed by atoms with Crippen molar-refractivity contribution in [2.24, 2.45) is 5.92 Å². The van der Waals surface area contributed by atoms with E-state index < -0.39 is 0 Å². The molecule has 1 aliphatic rings. The molecule has 0 saturated carbocycles. The van der Waals surface area contributed by atoms with Crippen LogP contribution in [0.15, 0.2) is 12.4 Å². The summed E-state index contributed by atoms with van der Waals surface area (Å²) < 4.78 is 6.02. The lowest BCUT2D eigenvalue weighted by molar-refractivity contribution is 0.0946. The van der Waals surface area contributed by atoms with Gasteiger partial charge in [-0.25, -0.2) is 4.98 Å². The zero-order valence-corrected chi connectivity index (χ0v) is 12.2. The van der Waals surface area contributed by atoms with Crippen LogP contribution in [-0.4, -0.2) is 31.6 Å². The minimum absolute atomic E-state index is 0.0479. The second kappa shape index (κ2) is 5.70. The van der Waals surface area contributed by atoms with Crippen LogP contribution >= 0.6 is 11.5 Å². The lowest BCUT2D eigenvalue weighted by atomic mass is 9.99. The highest BCUT2D eigenvalue weighted by molar-refractivity contribution is 7.08. The molecule has 1 amide bonds. The Labute approximate surface area is 121 Å². The van der Waals surface area contributed by atoms with E-state index in [-0.39, 0.29) is 5.91 Å². The predicted octanol–water partition coefficient (Wildman–Crippen LogP) is 1.29. The third-order valence-corrected chi connectivity index (χ3v) is 4.45. The minimum atomic E-state index is -0.0479. The zero-order valence-electron chi connectivity index (χ0n) is 11.4. The summed E-state index contributed by atoms with van der Waals surface area (Å²) in [5.41, 5.74) is 0.785. The van der Waals surface area contributed by atoms with E-state index in [1.165, 1.54) is 11.5 Å². The molecule has 0 saturated heterocycles. The molecule has 0 bridgehead atoms. The Bertz CT molecular complexity index is 605. The molecule has 3 rings (SSSR count). The minimum Gasteiger partial charge on any atom is -0.351 e. The molecule has 1 atom stereocenters. The molecule has 0 fully saturated rings. The Morgan fingerprint density at radius 2 is 2.50 bits per heavy atom. The van der Waals surface area contributed by atoms with Gasteiger partial charge < -0.3 is 9.88 Å². The van der Waals surface area contributed by atoms with Crippen molar-refractivity contribution in [3.63, 3.8) is 0 Å². The van der Waals surface area contributed by atoms with E-state index in [1.54, 1.807) is 0 Å². The lowest BCUT2D eigenvalue weighted by Crippen LogP contribution is -2.33. The lowest BCUT2D eigenvalue weighted by Gasteiger charge is -2.23. The van der Waals surface area contributed by atoms with Gasteiger partial charge in [-0.3, -0.25) is 4.79 Å². The number of nitrogens with one attached hydrogen (secondary N) is 1. The second-order valence-electron chi connectivity index (χ2n) is 5.01. The van der Waals surface area contributed by atoms with Gasteiger partial charge in [-0.2, -0.15) is 0 Å². The third kappa shape index (κ3) is 2.58. The Hall–Kier alpha value is -1.76. The van der Waals surface area contributed by atoms with Crippen molar-refractivity contribution in [3.05, 3.63) is 28.8 Å². The Morgan fingerprint density at radius 1 is 1.60 bits per heavy atom. The Balaban J connectivity index is 1.57. The van der Waals surface area contributed by atoms with Gasteiger partial charge in [-0.1, -0.05) is 11.4 Å². The predicted molar refractivity (Wildman–Crippen MR) is 75.7 cm³/mol. The third-order valence-electron chi connectivity index (χ3n) is 3.68. The van der Waals surface area contributed by atoms with Crippen LogP contribution in [0.5, 0.6) is 0 Å². The highest BCUT2D eigenvalue weighted by atomic mass is 32.1. The summed E-state index contributed by atoms with van der Waals surface area (Å²) >= 11 is 1.17. The maximum Gasteiger partial charge on any atom is 0.264 e. The first kappa shape index (κ1) is 13.2. The van der Waals surface area contributed by atoms with E-state index in [0.29, 0.717) is 17.3 Å². The molecule has 2 aromatic rings. The van der Waals surface area contributed by atoms with Crippen molar-refractivity contribution in [2.45, 2.75) is 32.7 Å². The smallest absolute Gasteiger partial charge is 0.264 e. The van der Waals surface area contributed by atoms with E-state index in [9.17, 15) is 4.79 Å². The fourth-order valence-electron chi connectivity index (χ4n) is 2.53. The summed E-state index contributed by atoms with van der Waals surface area (Å²) in [6.07, 6.45) is 6.63. The summed E-state index contributed by atoms with van der Waals surface area (Å²) in [6.45, 7) is 3.60. The molecule has 0 spiro atoms. The Morgan fingerprint density at radius 3 is 3.35 bits per heavy atom. The van der Waals surface area contributed by atoms with Gasteiger partial charge in [0.2, 0.25) is 0 Å². The molecular formula is C13H17N5OS. The first-order valence-electron chi connectivity index (χ1n) is 6.87. The molecule has 0 aliphatic carbocycles. The van der Waals surface area contributed by atoms with Crippen molar-refractivity contribution < 1.29 is 4.79 Å². The number of nitrogens with zero attached hydrogens (tertiary/aromatic N) is 4. The van der Waals surface area contributed by atoms with Crippen molar-refractivity contribution in [1.29, 1.82) is 0 Å². The van der Waals surface area contributed by atoms with Crippen LogP contribution in [0.1, 0.15) is 34.5 Å². The number of hydrogen-bond acceptors (Lipinski definition) is 5. The van der Waals surface area contributed by atoms with Gasteiger partial charge in [0.05, 0.1) is 5.69 Å². The molecule has 20 heavy (non-hydrogen) atoms. The Kier molecular flexibility index (Phi) is 3.77. The highest BCUT2D eigenvalue weighted by Crippen LogP contribution is 2.18. The average Bonchev–Trinajstić information content (AvgIpc) is 3.12. The molecular weight excluding hydrogens is 274 g/mol. The van der Waals surface area contributed by atoms with E-state index in [0.717, 1.165) is 37.3 Å². The summed E-state index contributed by atoms with van der Waals surface area (Å²) in [5.74, 6) is 1.56. The van der Waals surface area contributed by atoms with E-state index in [1.807, 2.05) is 19.3 Å². The number of carbonyl (C=O) groups is 1. The van der Waals surface area contributed by atoms with Gasteiger partial charge in [0.1, 0.15) is 10.7 Å². The highest BCUT2D eigenvalue weighted by Gasteiger charge is 2.21. The van der Waals surface area contributed by atoms with Gasteiger partial charge >= 0.3 is 0 Å². The van der Waals surface area contributed by atoms with E-state index in [2.05, 4.69) is 24.5 Å². The van der Waals surface area contributed by atoms with Crippen LogP contribution in [0.4, 0.5) is 0 Å². The molecule has 0 radical (unpaired) electrons. The molecule has 1 N–H and O–H groups in total. The summed E-state index contributed by atoms with van der Waals surface area (Å²) in [5, 5.41) is 6.98. The number of aryl methyl sites for hydroxylation is 2. The number of hydrogen-bond donors (Lipinski definition) is 1. The van der Waals surface area contributed by atoms with Crippen LogP contribution < -0.4 is 5.32 Å². The number of imidazole rings is 1. The number of amides is 1. The number of rotatable bonds is 4. The van der Waals surface area contributed by atoms with Crippen molar-refractivity contribution in [1.82, 2.24) is 24.5 Å². The average molecular weight is 291 g/mol. The van der Waals surface area contributed by atoms with Crippen molar-refractivity contribution >= 4 is 17.4 Å². The van der Waals surface area contributed by atoms with Crippen molar-refractivity contribution in [2.75, 3.05) is 6.54 Å². The van der Waals surface area contributed by atoms with E-state index >= 15 is 0 Å². The molecule has 7 heteroatoms. The van der Waals surface area contributed by atoms with E-state index in [4.69, 9.17) is 0 Å². The summed E-state index contributed by atoms with van der Waals surface area (Å²) in [4.78, 5) is 17.1. The molecule has 2 aromatic heterocycles. The first-order valence-corrected chi connectivity index (χ1v) is 7.64. The van der Waals surface area contributed by atoms with Crippen LogP contribution in [0.2, 0.25) is 0 Å².